The van der Waals surface area contributed by atoms with E-state index in [0.29, 0.717) is 5.82 Å². The second-order valence-electron chi connectivity index (χ2n) is 1.38. The van der Waals surface area contributed by atoms with E-state index in [9.17, 15) is 9.90 Å². The molecule has 0 radical (unpaired) electrons. The predicted molar refractivity (Wildman–Crippen MR) is 27.6 cm³/mol. The van der Waals surface area contributed by atoms with E-state index in [2.05, 4.69) is 10.2 Å². The highest BCUT2D eigenvalue weighted by Gasteiger charge is 1.87. The van der Waals surface area contributed by atoms with Crippen LogP contribution in [-0.4, -0.2) is 16.3 Å². The molecular weight excluding hydrogens is 122 g/mol. The van der Waals surface area contributed by atoms with Gasteiger partial charge in [0.2, 0.25) is 0 Å². The molecule has 1 aromatic heterocycles. The van der Waals surface area contributed by atoms with Crippen LogP contribution < -0.4 is 10.4 Å². The van der Waals surface area contributed by atoms with Crippen molar-refractivity contribution < 1.29 is 9.90 Å². The average molecular weight is 126 g/mol. The average Bonchev–Trinajstić information content (AvgIpc) is 2.15. The zero-order valence-electron chi connectivity index (χ0n) is 4.42. The van der Waals surface area contributed by atoms with Crippen molar-refractivity contribution in [2.24, 2.45) is 0 Å². The Kier molecular flexibility index (Phi) is 1.35. The summed E-state index contributed by atoms with van der Waals surface area (Å²) in [4.78, 5) is 9.80. The van der Waals surface area contributed by atoms with Crippen molar-refractivity contribution in [1.29, 1.82) is 0 Å². The maximum atomic E-state index is 9.80. The Bertz CT molecular complexity index is 194. The zero-order valence-corrected chi connectivity index (χ0v) is 4.42. The first kappa shape index (κ1) is 5.61. The van der Waals surface area contributed by atoms with Gasteiger partial charge < -0.3 is 15.2 Å². The lowest BCUT2D eigenvalue weighted by Gasteiger charge is -2.00. The highest BCUT2D eigenvalue weighted by Crippen LogP contribution is 1.95. The molecular formula is C4H4N3O2-. The molecule has 0 aromatic carbocycles. The third kappa shape index (κ3) is 1.45. The van der Waals surface area contributed by atoms with Gasteiger partial charge in [-0.05, 0) is 0 Å². The molecule has 5 heteroatoms. The first-order valence-corrected chi connectivity index (χ1v) is 2.26. The molecule has 0 unspecified atom stereocenters. The van der Waals surface area contributed by atoms with E-state index >= 15 is 0 Å². The Morgan fingerprint density at radius 1 is 1.89 bits per heavy atom. The van der Waals surface area contributed by atoms with Gasteiger partial charge in [0.25, 0.3) is 0 Å². The van der Waals surface area contributed by atoms with E-state index in [0.717, 1.165) is 0 Å². The number of nitrogens with zero attached hydrogens (tertiary/aromatic N) is 1. The maximum absolute atomic E-state index is 9.80. The Morgan fingerprint density at radius 2 is 2.67 bits per heavy atom. The zero-order chi connectivity index (χ0) is 6.69. The number of carboxylic acid groups (broad SMARTS) is 1. The van der Waals surface area contributed by atoms with Crippen molar-refractivity contribution in [2.45, 2.75) is 0 Å². The van der Waals surface area contributed by atoms with Crippen molar-refractivity contribution in [1.82, 2.24) is 10.2 Å². The number of carbonyl (C=O) groups is 1. The number of hydrogen-bond donors (Lipinski definition) is 2. The standard InChI is InChI=1S/C4H5N3O2/c8-4(9)6-3-1-2-5-7-3/h1-2H,(H,8,9)(H2,5,6,7)/p-1. The third-order valence-corrected chi connectivity index (χ3v) is 0.737. The maximum Gasteiger partial charge on any atom is 0.140 e. The molecule has 48 valence electrons. The summed E-state index contributed by atoms with van der Waals surface area (Å²) in [5.74, 6) is 0.315. The molecule has 2 N–H and O–H groups in total. The van der Waals surface area contributed by atoms with Crippen molar-refractivity contribution in [3.8, 4) is 0 Å². The molecule has 0 aliphatic carbocycles. The lowest BCUT2D eigenvalue weighted by Crippen LogP contribution is -2.28. The number of amides is 1. The van der Waals surface area contributed by atoms with Gasteiger partial charge in [-0.2, -0.15) is 5.10 Å². The van der Waals surface area contributed by atoms with E-state index in [1.807, 2.05) is 5.32 Å². The fourth-order valence-electron chi connectivity index (χ4n) is 0.435. The monoisotopic (exact) mass is 126 g/mol. The van der Waals surface area contributed by atoms with E-state index in [4.69, 9.17) is 0 Å². The number of rotatable bonds is 1. The molecule has 0 saturated carbocycles. The molecule has 0 aliphatic heterocycles. The molecule has 0 bridgehead atoms. The molecule has 0 aliphatic rings. The summed E-state index contributed by atoms with van der Waals surface area (Å²) in [5, 5.41) is 17.7. The van der Waals surface area contributed by atoms with Crippen LogP contribution in [0.2, 0.25) is 0 Å². The summed E-state index contributed by atoms with van der Waals surface area (Å²) >= 11 is 0. The molecule has 1 amide bonds. The van der Waals surface area contributed by atoms with Crippen molar-refractivity contribution >= 4 is 11.9 Å². The van der Waals surface area contributed by atoms with E-state index in [1.54, 1.807) is 0 Å². The van der Waals surface area contributed by atoms with Gasteiger partial charge in [-0.3, -0.25) is 5.10 Å². The van der Waals surface area contributed by atoms with Gasteiger partial charge in [-0.15, -0.1) is 0 Å². The van der Waals surface area contributed by atoms with Crippen LogP contribution in [0.1, 0.15) is 0 Å². The third-order valence-electron chi connectivity index (χ3n) is 0.737. The quantitative estimate of drug-likeness (QED) is 0.515. The SMILES string of the molecule is O=C([O-])Nc1ccn[nH]1. The minimum Gasteiger partial charge on any atom is -0.530 e. The molecule has 0 fully saturated rings. The van der Waals surface area contributed by atoms with Crippen LogP contribution in [0, 0.1) is 0 Å². The smallest absolute Gasteiger partial charge is 0.140 e. The molecule has 0 spiro atoms. The molecule has 1 rings (SSSR count). The lowest BCUT2D eigenvalue weighted by atomic mass is 10.6. The van der Waals surface area contributed by atoms with E-state index in [1.165, 1.54) is 12.3 Å². The number of H-pyrrole nitrogens is 1. The number of anilines is 1. The van der Waals surface area contributed by atoms with Gasteiger partial charge in [0.1, 0.15) is 11.9 Å². The molecule has 0 atom stereocenters. The Hall–Kier alpha value is -1.52. The van der Waals surface area contributed by atoms with Gasteiger partial charge in [-0.1, -0.05) is 0 Å². The highest BCUT2D eigenvalue weighted by atomic mass is 16.4. The first-order valence-electron chi connectivity index (χ1n) is 2.26. The number of hydrogen-bond acceptors (Lipinski definition) is 3. The summed E-state index contributed by atoms with van der Waals surface area (Å²) in [6.45, 7) is 0. The van der Waals surface area contributed by atoms with Gasteiger partial charge in [0.05, 0.1) is 6.20 Å². The first-order chi connectivity index (χ1) is 4.29. The van der Waals surface area contributed by atoms with Crippen molar-refractivity contribution in [2.75, 3.05) is 5.32 Å². The van der Waals surface area contributed by atoms with Crippen LogP contribution >= 0.6 is 0 Å². The number of carbonyl (C=O) groups excluding carboxylic acids is 1. The van der Waals surface area contributed by atoms with Crippen LogP contribution in [0.15, 0.2) is 12.3 Å². The molecule has 9 heavy (non-hydrogen) atoms. The van der Waals surface area contributed by atoms with Crippen molar-refractivity contribution in [3.63, 3.8) is 0 Å². The van der Waals surface area contributed by atoms with Crippen LogP contribution in [0.4, 0.5) is 10.6 Å². The van der Waals surface area contributed by atoms with Crippen molar-refractivity contribution in [3.05, 3.63) is 12.3 Å². The fourth-order valence-corrected chi connectivity index (χ4v) is 0.435. The summed E-state index contributed by atoms with van der Waals surface area (Å²) in [5.41, 5.74) is 0. The molecule has 5 nitrogen and oxygen atoms in total. The van der Waals surface area contributed by atoms with Crippen LogP contribution in [0.25, 0.3) is 0 Å². The number of aromatic nitrogens is 2. The van der Waals surface area contributed by atoms with Crippen LogP contribution in [0.5, 0.6) is 0 Å². The molecule has 1 aromatic rings. The Balaban J connectivity index is 2.58. The largest absolute Gasteiger partial charge is 0.530 e. The topological polar surface area (TPSA) is 80.8 Å². The second-order valence-corrected chi connectivity index (χ2v) is 1.38. The van der Waals surface area contributed by atoms with E-state index in [-0.39, 0.29) is 0 Å². The summed E-state index contributed by atoms with van der Waals surface area (Å²) < 4.78 is 0. The van der Waals surface area contributed by atoms with Crippen LogP contribution in [-0.2, 0) is 0 Å². The fraction of sp³-hybridized carbons (Fsp3) is 0. The van der Waals surface area contributed by atoms with Crippen LogP contribution in [0.3, 0.4) is 0 Å². The minimum atomic E-state index is -1.35. The summed E-state index contributed by atoms with van der Waals surface area (Å²) in [7, 11) is 0. The predicted octanol–water partition coefficient (Wildman–Crippen LogP) is -0.835. The lowest BCUT2D eigenvalue weighted by molar-refractivity contribution is -0.242. The minimum absolute atomic E-state index is 0.315. The van der Waals surface area contributed by atoms with Gasteiger partial charge in [-0.25, -0.2) is 0 Å². The number of nitrogens with one attached hydrogen (secondary N) is 2. The van der Waals surface area contributed by atoms with E-state index < -0.39 is 6.09 Å². The summed E-state index contributed by atoms with van der Waals surface area (Å²) in [6, 6.07) is 1.48. The molecule has 1 heterocycles. The normalized spacial score (nSPS) is 8.89. The Morgan fingerprint density at radius 3 is 3.11 bits per heavy atom. The Labute approximate surface area is 50.7 Å². The van der Waals surface area contributed by atoms with Gasteiger partial charge in [0.15, 0.2) is 0 Å². The number of aromatic amines is 1. The second kappa shape index (κ2) is 2.17. The summed E-state index contributed by atoms with van der Waals surface area (Å²) in [6.07, 6.45) is 0.0879. The molecule has 0 saturated heterocycles. The highest BCUT2D eigenvalue weighted by molar-refractivity contribution is 5.79. The van der Waals surface area contributed by atoms with Gasteiger partial charge in [0, 0.05) is 6.07 Å². The van der Waals surface area contributed by atoms with Gasteiger partial charge >= 0.3 is 0 Å².